The lowest BCUT2D eigenvalue weighted by Gasteiger charge is -2.12. The predicted octanol–water partition coefficient (Wildman–Crippen LogP) is 12.5. The number of aromatic nitrogens is 3. The SMILES string of the molecule is c1cc2c3c(c1)ccc1c3c3c4c(ccc3n1-c1nc(-c3cccc5oc6ccccc6c35)c3oc5ccccc5c3n1)sc1cccc-2c14. The number of benzene rings is 7. The summed E-state index contributed by atoms with van der Waals surface area (Å²) in [5.74, 6) is 0.611. The molecule has 0 saturated heterocycles. The molecule has 0 amide bonds. The van der Waals surface area contributed by atoms with Crippen LogP contribution in [0.15, 0.2) is 136 Å². The Hall–Kier alpha value is -6.50. The molecule has 0 fully saturated rings. The third-order valence-corrected chi connectivity index (χ3v) is 11.9. The standard InChI is InChI=1S/C44H21N3O2S/c1-3-14-30-25(9-1)36-27(13-6-16-32(36)48-30)42-43-41(26-10-2-4-15-31(26)49-43)45-44(46-42)47-28-19-18-22-8-5-11-23-24-12-7-17-33-37(24)40-34(50-33)21-20-29(47)39(40)38(28)35(22)23/h1-21H. The maximum Gasteiger partial charge on any atom is 0.236 e. The van der Waals surface area contributed by atoms with Gasteiger partial charge in [0.1, 0.15) is 28.0 Å². The number of fused-ring (bicyclic) bond motifs is 7. The van der Waals surface area contributed by atoms with E-state index in [1.54, 1.807) is 0 Å². The van der Waals surface area contributed by atoms with Gasteiger partial charge in [0.25, 0.3) is 0 Å². The van der Waals surface area contributed by atoms with Gasteiger partial charge >= 0.3 is 0 Å². The molecule has 1 aliphatic carbocycles. The fourth-order valence-electron chi connectivity index (χ4n) is 8.77. The van der Waals surface area contributed by atoms with Crippen molar-refractivity contribution in [3.05, 3.63) is 127 Å². The Morgan fingerprint density at radius 3 is 2.04 bits per heavy atom. The van der Waals surface area contributed by atoms with Gasteiger partial charge < -0.3 is 8.83 Å². The fourth-order valence-corrected chi connectivity index (χ4v) is 9.91. The zero-order valence-electron chi connectivity index (χ0n) is 26.2. The summed E-state index contributed by atoms with van der Waals surface area (Å²) in [6.45, 7) is 0. The van der Waals surface area contributed by atoms with Crippen molar-refractivity contribution < 1.29 is 8.83 Å². The number of hydrogen-bond acceptors (Lipinski definition) is 5. The van der Waals surface area contributed by atoms with Crippen LogP contribution < -0.4 is 0 Å². The Balaban J connectivity index is 1.25. The average molecular weight is 656 g/mol. The Morgan fingerprint density at radius 2 is 1.14 bits per heavy atom. The van der Waals surface area contributed by atoms with Gasteiger partial charge in [-0.15, -0.1) is 11.3 Å². The highest BCUT2D eigenvalue weighted by Crippen LogP contribution is 2.52. The minimum atomic E-state index is 0.611. The first-order valence-electron chi connectivity index (χ1n) is 16.7. The van der Waals surface area contributed by atoms with Crippen LogP contribution in [0.4, 0.5) is 0 Å². The Kier molecular flexibility index (Phi) is 4.46. The molecule has 12 aromatic rings. The van der Waals surface area contributed by atoms with E-state index in [4.69, 9.17) is 18.8 Å². The molecule has 0 atom stereocenters. The van der Waals surface area contributed by atoms with Gasteiger partial charge in [-0.05, 0) is 70.4 Å². The molecular weight excluding hydrogens is 635 g/mol. The van der Waals surface area contributed by atoms with Crippen LogP contribution in [0.3, 0.4) is 0 Å². The maximum atomic E-state index is 6.62. The van der Waals surface area contributed by atoms with Crippen molar-refractivity contribution in [2.75, 3.05) is 0 Å². The number of hydrogen-bond donors (Lipinski definition) is 0. The normalized spacial score (nSPS) is 12.8. The van der Waals surface area contributed by atoms with E-state index in [9.17, 15) is 0 Å². The Morgan fingerprint density at radius 1 is 0.460 bits per heavy atom. The van der Waals surface area contributed by atoms with Crippen LogP contribution in [-0.4, -0.2) is 14.5 Å². The molecule has 0 radical (unpaired) electrons. The first kappa shape index (κ1) is 25.5. The quantitative estimate of drug-likeness (QED) is 0.186. The summed E-state index contributed by atoms with van der Waals surface area (Å²) in [6, 6.07) is 45.0. The van der Waals surface area contributed by atoms with Crippen molar-refractivity contribution in [1.29, 1.82) is 0 Å². The lowest BCUT2D eigenvalue weighted by Crippen LogP contribution is -2.03. The van der Waals surface area contributed by atoms with Gasteiger partial charge in [0.15, 0.2) is 5.58 Å². The van der Waals surface area contributed by atoms with Crippen LogP contribution in [0.5, 0.6) is 0 Å². The van der Waals surface area contributed by atoms with Crippen molar-refractivity contribution in [3.8, 4) is 28.3 Å². The van der Waals surface area contributed by atoms with Gasteiger partial charge in [-0.1, -0.05) is 78.9 Å². The molecule has 6 heteroatoms. The van der Waals surface area contributed by atoms with E-state index in [0.717, 1.165) is 60.7 Å². The molecule has 7 aromatic carbocycles. The van der Waals surface area contributed by atoms with Gasteiger partial charge in [-0.2, -0.15) is 0 Å². The molecule has 13 rings (SSSR count). The number of nitrogens with zero attached hydrogens (tertiary/aromatic N) is 3. The predicted molar refractivity (Wildman–Crippen MR) is 206 cm³/mol. The highest BCUT2D eigenvalue weighted by Gasteiger charge is 2.28. The average Bonchev–Trinajstić information content (AvgIpc) is 3.90. The molecular formula is C44H21N3O2S. The summed E-state index contributed by atoms with van der Waals surface area (Å²) in [6.07, 6.45) is 0. The molecule has 0 N–H and O–H groups in total. The second kappa shape index (κ2) is 8.74. The van der Waals surface area contributed by atoms with Crippen molar-refractivity contribution >= 4 is 108 Å². The summed E-state index contributed by atoms with van der Waals surface area (Å²) in [4.78, 5) is 10.9. The molecule has 5 aromatic heterocycles. The van der Waals surface area contributed by atoms with Crippen molar-refractivity contribution in [2.45, 2.75) is 0 Å². The van der Waals surface area contributed by atoms with Crippen LogP contribution in [0, 0.1) is 0 Å². The molecule has 0 spiro atoms. The minimum Gasteiger partial charge on any atom is -0.456 e. The number of para-hydroxylation sites is 2. The van der Waals surface area contributed by atoms with E-state index < -0.39 is 0 Å². The van der Waals surface area contributed by atoms with Gasteiger partial charge in [0.2, 0.25) is 5.95 Å². The molecule has 230 valence electrons. The van der Waals surface area contributed by atoms with Crippen molar-refractivity contribution in [1.82, 2.24) is 14.5 Å². The zero-order valence-corrected chi connectivity index (χ0v) is 27.0. The summed E-state index contributed by atoms with van der Waals surface area (Å²) in [5, 5.41) is 10.7. The topological polar surface area (TPSA) is 57.0 Å². The number of thiophene rings is 1. The van der Waals surface area contributed by atoms with E-state index in [1.165, 1.54) is 52.8 Å². The fraction of sp³-hybridized carbons (Fsp3) is 0. The van der Waals surface area contributed by atoms with E-state index in [2.05, 4.69) is 89.5 Å². The van der Waals surface area contributed by atoms with E-state index >= 15 is 0 Å². The molecule has 0 unspecified atom stereocenters. The first-order chi connectivity index (χ1) is 24.8. The molecule has 5 heterocycles. The zero-order chi connectivity index (χ0) is 32.2. The van der Waals surface area contributed by atoms with Gasteiger partial charge in [-0.3, -0.25) is 4.57 Å². The summed E-state index contributed by atoms with van der Waals surface area (Å²) >= 11 is 1.87. The van der Waals surface area contributed by atoms with Crippen molar-refractivity contribution in [3.63, 3.8) is 0 Å². The van der Waals surface area contributed by atoms with Crippen LogP contribution in [-0.2, 0) is 0 Å². The Bertz CT molecular complexity index is 3510. The summed E-state index contributed by atoms with van der Waals surface area (Å²) < 4.78 is 17.8. The molecule has 1 aliphatic rings. The molecule has 0 aliphatic heterocycles. The second-order valence-corrected chi connectivity index (χ2v) is 14.3. The number of furan rings is 2. The maximum absolute atomic E-state index is 6.62. The van der Waals surface area contributed by atoms with Crippen molar-refractivity contribution in [2.24, 2.45) is 0 Å². The van der Waals surface area contributed by atoms with E-state index in [0.29, 0.717) is 11.5 Å². The number of rotatable bonds is 2. The first-order valence-corrected chi connectivity index (χ1v) is 17.6. The van der Waals surface area contributed by atoms with Gasteiger partial charge in [-0.25, -0.2) is 9.97 Å². The van der Waals surface area contributed by atoms with Crippen LogP contribution >= 0.6 is 11.3 Å². The highest BCUT2D eigenvalue weighted by atomic mass is 32.1. The van der Waals surface area contributed by atoms with E-state index in [1.807, 2.05) is 53.8 Å². The van der Waals surface area contributed by atoms with Crippen LogP contribution in [0.2, 0.25) is 0 Å². The third-order valence-electron chi connectivity index (χ3n) is 10.8. The summed E-state index contributed by atoms with van der Waals surface area (Å²) in [7, 11) is 0. The summed E-state index contributed by atoms with van der Waals surface area (Å²) in [5.41, 5.74) is 10.3. The third kappa shape index (κ3) is 2.97. The minimum absolute atomic E-state index is 0.611. The molecule has 50 heavy (non-hydrogen) atoms. The molecule has 0 saturated carbocycles. The molecule has 0 bridgehead atoms. The monoisotopic (exact) mass is 655 g/mol. The lowest BCUT2D eigenvalue weighted by atomic mass is 9.95. The van der Waals surface area contributed by atoms with Gasteiger partial charge in [0, 0.05) is 52.7 Å². The highest BCUT2D eigenvalue weighted by molar-refractivity contribution is 7.26. The van der Waals surface area contributed by atoms with Crippen LogP contribution in [0.1, 0.15) is 0 Å². The largest absolute Gasteiger partial charge is 0.456 e. The second-order valence-electron chi connectivity index (χ2n) is 13.2. The molecule has 5 nitrogen and oxygen atoms in total. The van der Waals surface area contributed by atoms with Gasteiger partial charge in [0.05, 0.1) is 11.0 Å². The Labute approximate surface area is 286 Å². The van der Waals surface area contributed by atoms with Crippen LogP contribution in [0.25, 0.3) is 125 Å². The smallest absolute Gasteiger partial charge is 0.236 e. The van der Waals surface area contributed by atoms with E-state index in [-0.39, 0.29) is 0 Å². The lowest BCUT2D eigenvalue weighted by molar-refractivity contribution is 0.666.